The number of hydrogen-bond acceptors (Lipinski definition) is 2. The van der Waals surface area contributed by atoms with E-state index < -0.39 is 5.82 Å². The first kappa shape index (κ1) is 16.4. The number of halogens is 2. The fourth-order valence-corrected chi connectivity index (χ4v) is 3.17. The van der Waals surface area contributed by atoms with E-state index in [0.717, 1.165) is 19.5 Å². The van der Waals surface area contributed by atoms with Gasteiger partial charge in [-0.15, -0.1) is 0 Å². The summed E-state index contributed by atoms with van der Waals surface area (Å²) < 4.78 is 13.8. The Kier molecular flexibility index (Phi) is 6.18. The van der Waals surface area contributed by atoms with Crippen LogP contribution in [0.4, 0.5) is 4.39 Å². The predicted molar refractivity (Wildman–Crippen MR) is 85.9 cm³/mol. The molecule has 1 aromatic carbocycles. The van der Waals surface area contributed by atoms with Gasteiger partial charge in [-0.3, -0.25) is 4.79 Å². The first-order valence-corrected chi connectivity index (χ1v) is 8.34. The zero-order valence-electron chi connectivity index (χ0n) is 12.4. The number of amides is 1. The van der Waals surface area contributed by atoms with Crippen molar-refractivity contribution in [1.82, 2.24) is 10.2 Å². The fraction of sp³-hybridized carbons (Fsp3) is 0.562. The summed E-state index contributed by atoms with van der Waals surface area (Å²) in [5.74, 6) is -0.626. The lowest BCUT2D eigenvalue weighted by Gasteiger charge is -2.33. The van der Waals surface area contributed by atoms with Gasteiger partial charge < -0.3 is 10.2 Å². The Morgan fingerprint density at radius 1 is 1.48 bits per heavy atom. The summed E-state index contributed by atoms with van der Waals surface area (Å²) in [4.78, 5) is 14.5. The number of likely N-dealkylation sites (tertiary alicyclic amines) is 1. The number of nitrogens with one attached hydrogen (secondary N) is 1. The summed E-state index contributed by atoms with van der Waals surface area (Å²) >= 11 is 3.27. The molecule has 1 atom stereocenters. The average molecular weight is 357 g/mol. The van der Waals surface area contributed by atoms with E-state index in [1.807, 2.05) is 0 Å². The molecule has 0 aromatic heterocycles. The Morgan fingerprint density at radius 3 is 3.05 bits per heavy atom. The molecule has 1 fully saturated rings. The van der Waals surface area contributed by atoms with Gasteiger partial charge in [0.15, 0.2) is 0 Å². The zero-order valence-corrected chi connectivity index (χ0v) is 14.0. The monoisotopic (exact) mass is 356 g/mol. The molecule has 0 radical (unpaired) electrons. The van der Waals surface area contributed by atoms with Gasteiger partial charge in [0.25, 0.3) is 5.91 Å². The molecule has 3 nitrogen and oxygen atoms in total. The van der Waals surface area contributed by atoms with Crippen molar-refractivity contribution in [3.05, 3.63) is 34.1 Å². The maximum atomic E-state index is 13.2. The molecule has 0 aliphatic carbocycles. The van der Waals surface area contributed by atoms with Crippen molar-refractivity contribution >= 4 is 21.8 Å². The molecule has 5 heteroatoms. The molecule has 1 amide bonds. The second-order valence-electron chi connectivity index (χ2n) is 5.61. The highest BCUT2D eigenvalue weighted by Gasteiger charge is 2.17. The third-order valence-corrected chi connectivity index (χ3v) is 4.71. The van der Waals surface area contributed by atoms with Crippen LogP contribution in [0.5, 0.6) is 0 Å². The van der Waals surface area contributed by atoms with Crippen LogP contribution >= 0.6 is 15.9 Å². The first-order chi connectivity index (χ1) is 10.1. The molecule has 1 aliphatic rings. The number of nitrogens with zero attached hydrogens (tertiary/aromatic N) is 1. The van der Waals surface area contributed by atoms with E-state index in [4.69, 9.17) is 0 Å². The normalized spacial score (nSPS) is 19.5. The van der Waals surface area contributed by atoms with Crippen molar-refractivity contribution in [3.63, 3.8) is 0 Å². The number of benzene rings is 1. The van der Waals surface area contributed by atoms with Crippen molar-refractivity contribution in [1.29, 1.82) is 0 Å². The van der Waals surface area contributed by atoms with Crippen LogP contribution in [0.15, 0.2) is 22.7 Å². The maximum absolute atomic E-state index is 13.2. The molecule has 1 saturated heterocycles. The minimum Gasteiger partial charge on any atom is -0.352 e. The van der Waals surface area contributed by atoms with E-state index in [2.05, 4.69) is 33.1 Å². The van der Waals surface area contributed by atoms with Gasteiger partial charge >= 0.3 is 0 Å². The van der Waals surface area contributed by atoms with Crippen molar-refractivity contribution in [2.45, 2.75) is 38.6 Å². The largest absolute Gasteiger partial charge is 0.352 e. The molecular weight excluding hydrogens is 335 g/mol. The smallest absolute Gasteiger partial charge is 0.252 e. The maximum Gasteiger partial charge on any atom is 0.252 e. The van der Waals surface area contributed by atoms with E-state index in [0.29, 0.717) is 22.6 Å². The van der Waals surface area contributed by atoms with Crippen LogP contribution < -0.4 is 5.32 Å². The first-order valence-electron chi connectivity index (χ1n) is 7.55. The number of rotatable bonds is 5. The van der Waals surface area contributed by atoms with Crippen LogP contribution in [-0.2, 0) is 0 Å². The summed E-state index contributed by atoms with van der Waals surface area (Å²) in [5, 5.41) is 2.86. The van der Waals surface area contributed by atoms with E-state index >= 15 is 0 Å². The Labute approximate surface area is 134 Å². The Balaban J connectivity index is 1.75. The van der Waals surface area contributed by atoms with Crippen LogP contribution in [-0.4, -0.2) is 36.5 Å². The van der Waals surface area contributed by atoms with E-state index in [-0.39, 0.29) is 5.91 Å². The van der Waals surface area contributed by atoms with Gasteiger partial charge in [0.1, 0.15) is 5.82 Å². The number of piperidine rings is 1. The molecule has 2 rings (SSSR count). The molecule has 0 saturated carbocycles. The van der Waals surface area contributed by atoms with Gasteiger partial charge in [0.2, 0.25) is 0 Å². The highest BCUT2D eigenvalue weighted by Crippen LogP contribution is 2.18. The highest BCUT2D eigenvalue weighted by molar-refractivity contribution is 9.10. The Hall–Kier alpha value is -0.940. The third-order valence-electron chi connectivity index (χ3n) is 4.02. The lowest BCUT2D eigenvalue weighted by Crippen LogP contribution is -2.39. The molecule has 1 N–H and O–H groups in total. The van der Waals surface area contributed by atoms with E-state index in [1.54, 1.807) is 6.07 Å². The molecule has 21 heavy (non-hydrogen) atoms. The average Bonchev–Trinajstić information content (AvgIpc) is 2.47. The molecule has 1 aromatic rings. The molecule has 1 heterocycles. The molecule has 0 bridgehead atoms. The second-order valence-corrected chi connectivity index (χ2v) is 6.47. The summed E-state index contributed by atoms with van der Waals surface area (Å²) in [6.45, 7) is 5.04. The minimum atomic E-state index is -0.398. The lowest BCUT2D eigenvalue weighted by atomic mass is 10.0. The summed E-state index contributed by atoms with van der Waals surface area (Å²) in [6, 6.07) is 4.79. The predicted octanol–water partition coefficient (Wildman–Crippen LogP) is 3.58. The SMILES string of the molecule is C[C@@H]1CCCCN1CCCNC(=O)c1cc(F)ccc1Br. The van der Waals surface area contributed by atoms with Crippen LogP contribution in [0.2, 0.25) is 0 Å². The molecule has 116 valence electrons. The standard InChI is InChI=1S/C16H22BrFN2O/c1-12-5-2-3-9-20(12)10-4-8-19-16(21)14-11-13(18)6-7-15(14)17/h6-7,11-12H,2-5,8-10H2,1H3,(H,19,21)/t12-/m1/s1. The second kappa shape index (κ2) is 7.90. The highest BCUT2D eigenvalue weighted by atomic mass is 79.9. The zero-order chi connectivity index (χ0) is 15.2. The summed E-state index contributed by atoms with van der Waals surface area (Å²) in [7, 11) is 0. The Morgan fingerprint density at radius 2 is 2.29 bits per heavy atom. The van der Waals surface area contributed by atoms with Crippen molar-refractivity contribution in [2.75, 3.05) is 19.6 Å². The number of carbonyl (C=O) groups excluding carboxylic acids is 1. The quantitative estimate of drug-likeness (QED) is 0.817. The topological polar surface area (TPSA) is 32.3 Å². The number of hydrogen-bond donors (Lipinski definition) is 1. The van der Waals surface area contributed by atoms with Gasteiger partial charge in [-0.05, 0) is 66.9 Å². The van der Waals surface area contributed by atoms with Crippen molar-refractivity contribution in [3.8, 4) is 0 Å². The van der Waals surface area contributed by atoms with Gasteiger partial charge in [0.05, 0.1) is 5.56 Å². The van der Waals surface area contributed by atoms with Crippen LogP contribution in [0.25, 0.3) is 0 Å². The van der Waals surface area contributed by atoms with Crippen LogP contribution in [0.3, 0.4) is 0 Å². The van der Waals surface area contributed by atoms with Gasteiger partial charge in [-0.25, -0.2) is 4.39 Å². The molecule has 1 aliphatic heterocycles. The van der Waals surface area contributed by atoms with Gasteiger partial charge in [0, 0.05) is 23.6 Å². The van der Waals surface area contributed by atoms with E-state index in [9.17, 15) is 9.18 Å². The molecular formula is C16H22BrFN2O. The van der Waals surface area contributed by atoms with Crippen LogP contribution in [0, 0.1) is 5.82 Å². The van der Waals surface area contributed by atoms with Gasteiger partial charge in [-0.2, -0.15) is 0 Å². The number of carbonyl (C=O) groups is 1. The lowest BCUT2D eigenvalue weighted by molar-refractivity contribution is 0.0947. The van der Waals surface area contributed by atoms with Gasteiger partial charge in [-0.1, -0.05) is 6.42 Å². The minimum absolute atomic E-state index is 0.229. The van der Waals surface area contributed by atoms with Crippen molar-refractivity contribution < 1.29 is 9.18 Å². The molecule has 0 spiro atoms. The van der Waals surface area contributed by atoms with Crippen molar-refractivity contribution in [2.24, 2.45) is 0 Å². The summed E-state index contributed by atoms with van der Waals surface area (Å²) in [6.07, 6.45) is 4.78. The van der Waals surface area contributed by atoms with E-state index in [1.165, 1.54) is 31.4 Å². The Bertz CT molecular complexity index is 495. The fourth-order valence-electron chi connectivity index (χ4n) is 2.74. The third kappa shape index (κ3) is 4.78. The summed E-state index contributed by atoms with van der Waals surface area (Å²) in [5.41, 5.74) is 0.348. The van der Waals surface area contributed by atoms with Crippen LogP contribution in [0.1, 0.15) is 43.0 Å². The molecule has 0 unspecified atom stereocenters.